The van der Waals surface area contributed by atoms with Crippen LogP contribution in [-0.2, 0) is 0 Å². The summed E-state index contributed by atoms with van der Waals surface area (Å²) in [5.74, 6) is 0. The normalized spacial score (nSPS) is 15.2. The molecular formula is C10H13ClO3. The van der Waals surface area contributed by atoms with Crippen molar-refractivity contribution in [2.75, 3.05) is 6.61 Å². The molecule has 0 spiro atoms. The van der Waals surface area contributed by atoms with Gasteiger partial charge in [0.25, 0.3) is 0 Å². The second kappa shape index (κ2) is 4.75. The molecule has 0 aromatic heterocycles. The van der Waals surface area contributed by atoms with Crippen molar-refractivity contribution in [1.82, 2.24) is 0 Å². The summed E-state index contributed by atoms with van der Waals surface area (Å²) in [5.41, 5.74) is 1.37. The predicted molar refractivity (Wildman–Crippen MR) is 54.2 cm³/mol. The van der Waals surface area contributed by atoms with Crippen molar-refractivity contribution < 1.29 is 15.3 Å². The van der Waals surface area contributed by atoms with E-state index in [1.807, 2.05) is 0 Å². The van der Waals surface area contributed by atoms with Crippen molar-refractivity contribution in [3.63, 3.8) is 0 Å². The standard InChI is InChI=1S/C10H13ClO3/c1-6-4-7(11)2-3-8(6)10(14)9(13)5-12/h2-4,9-10,12-14H,5H2,1H3. The van der Waals surface area contributed by atoms with Gasteiger partial charge in [0.1, 0.15) is 12.2 Å². The molecule has 0 aliphatic rings. The Morgan fingerprint density at radius 3 is 2.50 bits per heavy atom. The SMILES string of the molecule is Cc1cc(Cl)ccc1C(O)C(O)CO. The lowest BCUT2D eigenvalue weighted by atomic mass is 10.00. The van der Waals surface area contributed by atoms with Gasteiger partial charge in [0.05, 0.1) is 6.61 Å². The van der Waals surface area contributed by atoms with Crippen molar-refractivity contribution in [3.05, 3.63) is 34.3 Å². The molecular weight excluding hydrogens is 204 g/mol. The molecule has 0 radical (unpaired) electrons. The smallest absolute Gasteiger partial charge is 0.107 e. The highest BCUT2D eigenvalue weighted by Gasteiger charge is 2.18. The van der Waals surface area contributed by atoms with Gasteiger partial charge in [-0.15, -0.1) is 0 Å². The maximum atomic E-state index is 9.61. The molecule has 3 N–H and O–H groups in total. The molecule has 0 fully saturated rings. The van der Waals surface area contributed by atoms with Gasteiger partial charge >= 0.3 is 0 Å². The number of hydrogen-bond acceptors (Lipinski definition) is 3. The first-order chi connectivity index (χ1) is 6.56. The summed E-state index contributed by atoms with van der Waals surface area (Å²) < 4.78 is 0. The van der Waals surface area contributed by atoms with Gasteiger partial charge in [-0.05, 0) is 30.2 Å². The molecule has 0 aliphatic heterocycles. The maximum absolute atomic E-state index is 9.61. The minimum absolute atomic E-state index is 0.469. The number of aliphatic hydroxyl groups is 3. The Morgan fingerprint density at radius 1 is 1.36 bits per heavy atom. The number of rotatable bonds is 3. The fraction of sp³-hybridized carbons (Fsp3) is 0.400. The van der Waals surface area contributed by atoms with Crippen LogP contribution < -0.4 is 0 Å². The molecule has 0 heterocycles. The van der Waals surface area contributed by atoms with Crippen LogP contribution >= 0.6 is 11.6 Å². The summed E-state index contributed by atoms with van der Waals surface area (Å²) >= 11 is 5.74. The van der Waals surface area contributed by atoms with E-state index in [-0.39, 0.29) is 0 Å². The van der Waals surface area contributed by atoms with Crippen molar-refractivity contribution in [2.45, 2.75) is 19.1 Å². The van der Waals surface area contributed by atoms with E-state index in [4.69, 9.17) is 16.7 Å². The van der Waals surface area contributed by atoms with Gasteiger partial charge in [-0.25, -0.2) is 0 Å². The van der Waals surface area contributed by atoms with Gasteiger partial charge in [-0.2, -0.15) is 0 Å². The molecule has 0 saturated heterocycles. The highest BCUT2D eigenvalue weighted by molar-refractivity contribution is 6.30. The Bertz CT molecular complexity index is 314. The van der Waals surface area contributed by atoms with Crippen molar-refractivity contribution in [2.24, 2.45) is 0 Å². The van der Waals surface area contributed by atoms with Crippen molar-refractivity contribution in [1.29, 1.82) is 0 Å². The monoisotopic (exact) mass is 216 g/mol. The van der Waals surface area contributed by atoms with Crippen LogP contribution in [0.5, 0.6) is 0 Å². The van der Waals surface area contributed by atoms with E-state index in [0.717, 1.165) is 5.56 Å². The topological polar surface area (TPSA) is 60.7 Å². The molecule has 2 atom stereocenters. The molecule has 0 aliphatic carbocycles. The lowest BCUT2D eigenvalue weighted by Crippen LogP contribution is -2.22. The largest absolute Gasteiger partial charge is 0.394 e. The molecule has 0 saturated carbocycles. The van der Waals surface area contributed by atoms with Crippen LogP contribution in [0.4, 0.5) is 0 Å². The van der Waals surface area contributed by atoms with Gasteiger partial charge in [0.2, 0.25) is 0 Å². The summed E-state index contributed by atoms with van der Waals surface area (Å²) in [6, 6.07) is 4.97. The van der Waals surface area contributed by atoms with E-state index in [1.165, 1.54) is 0 Å². The molecule has 1 aromatic rings. The Kier molecular flexibility index (Phi) is 3.89. The van der Waals surface area contributed by atoms with Crippen LogP contribution in [0.1, 0.15) is 17.2 Å². The van der Waals surface area contributed by atoms with Gasteiger partial charge in [-0.1, -0.05) is 17.7 Å². The van der Waals surface area contributed by atoms with E-state index in [0.29, 0.717) is 10.6 Å². The second-order valence-corrected chi connectivity index (χ2v) is 3.63. The van der Waals surface area contributed by atoms with Gasteiger partial charge in [0.15, 0.2) is 0 Å². The van der Waals surface area contributed by atoms with E-state index < -0.39 is 18.8 Å². The van der Waals surface area contributed by atoms with E-state index in [9.17, 15) is 10.2 Å². The average Bonchev–Trinajstić information content (AvgIpc) is 2.15. The molecule has 2 unspecified atom stereocenters. The molecule has 4 heteroatoms. The lowest BCUT2D eigenvalue weighted by molar-refractivity contribution is -0.0155. The summed E-state index contributed by atoms with van der Waals surface area (Å²) in [7, 11) is 0. The summed E-state index contributed by atoms with van der Waals surface area (Å²) in [6.45, 7) is 1.32. The third-order valence-corrected chi connectivity index (χ3v) is 2.34. The third kappa shape index (κ3) is 2.45. The van der Waals surface area contributed by atoms with E-state index >= 15 is 0 Å². The van der Waals surface area contributed by atoms with E-state index in [1.54, 1.807) is 25.1 Å². The Balaban J connectivity index is 2.95. The first kappa shape index (κ1) is 11.5. The minimum atomic E-state index is -1.16. The molecule has 1 aromatic carbocycles. The predicted octanol–water partition coefficient (Wildman–Crippen LogP) is 1.04. The molecule has 1 rings (SSSR count). The fourth-order valence-corrected chi connectivity index (χ4v) is 1.50. The summed E-state index contributed by atoms with van der Waals surface area (Å²) in [4.78, 5) is 0. The summed E-state index contributed by atoms with van der Waals surface area (Å²) in [5, 5.41) is 28.1. The Hall–Kier alpha value is -0.610. The quantitative estimate of drug-likeness (QED) is 0.708. The second-order valence-electron chi connectivity index (χ2n) is 3.20. The minimum Gasteiger partial charge on any atom is -0.394 e. The average molecular weight is 217 g/mol. The van der Waals surface area contributed by atoms with E-state index in [2.05, 4.69) is 0 Å². The number of hydrogen-bond donors (Lipinski definition) is 3. The number of aliphatic hydroxyl groups excluding tert-OH is 3. The Labute approximate surface area is 87.6 Å². The zero-order chi connectivity index (χ0) is 10.7. The van der Waals surface area contributed by atoms with Crippen LogP contribution in [0.3, 0.4) is 0 Å². The zero-order valence-electron chi connectivity index (χ0n) is 7.81. The molecule has 78 valence electrons. The molecule has 0 bridgehead atoms. The van der Waals surface area contributed by atoms with Crippen LogP contribution in [0, 0.1) is 6.92 Å². The lowest BCUT2D eigenvalue weighted by Gasteiger charge is -2.17. The Morgan fingerprint density at radius 2 is 2.00 bits per heavy atom. The molecule has 14 heavy (non-hydrogen) atoms. The zero-order valence-corrected chi connectivity index (χ0v) is 8.57. The first-order valence-corrected chi connectivity index (χ1v) is 4.67. The van der Waals surface area contributed by atoms with Crippen LogP contribution in [-0.4, -0.2) is 28.0 Å². The summed E-state index contributed by atoms with van der Waals surface area (Å²) in [6.07, 6.45) is -2.23. The van der Waals surface area contributed by atoms with Crippen LogP contribution in [0.25, 0.3) is 0 Å². The maximum Gasteiger partial charge on any atom is 0.107 e. The first-order valence-electron chi connectivity index (χ1n) is 4.29. The molecule has 0 amide bonds. The van der Waals surface area contributed by atoms with Gasteiger partial charge in [0, 0.05) is 5.02 Å². The van der Waals surface area contributed by atoms with Gasteiger partial charge < -0.3 is 15.3 Å². The molecule has 3 nitrogen and oxygen atoms in total. The van der Waals surface area contributed by atoms with Crippen LogP contribution in [0.15, 0.2) is 18.2 Å². The number of halogens is 1. The van der Waals surface area contributed by atoms with Crippen molar-refractivity contribution >= 4 is 11.6 Å². The number of benzene rings is 1. The highest BCUT2D eigenvalue weighted by atomic mass is 35.5. The van der Waals surface area contributed by atoms with Crippen LogP contribution in [0.2, 0.25) is 5.02 Å². The van der Waals surface area contributed by atoms with Crippen molar-refractivity contribution in [3.8, 4) is 0 Å². The highest BCUT2D eigenvalue weighted by Crippen LogP contribution is 2.23. The number of aryl methyl sites for hydroxylation is 1. The fourth-order valence-electron chi connectivity index (χ4n) is 1.28. The van der Waals surface area contributed by atoms with Gasteiger partial charge in [-0.3, -0.25) is 0 Å². The third-order valence-electron chi connectivity index (χ3n) is 2.10.